The topological polar surface area (TPSA) is 35.6 Å². The van der Waals surface area contributed by atoms with Gasteiger partial charge in [-0.25, -0.2) is 9.97 Å². The average Bonchev–Trinajstić information content (AvgIpc) is 3.84. The van der Waals surface area contributed by atoms with Gasteiger partial charge in [0.1, 0.15) is 0 Å². The molecule has 0 radical (unpaired) electrons. The number of hydrogen-bond donors (Lipinski definition) is 0. The highest BCUT2D eigenvalue weighted by Gasteiger charge is 2.21. The van der Waals surface area contributed by atoms with Gasteiger partial charge in [0.2, 0.25) is 0 Å². The van der Waals surface area contributed by atoms with E-state index in [4.69, 9.17) is 9.97 Å². The Hall–Kier alpha value is -8.08. The van der Waals surface area contributed by atoms with E-state index in [9.17, 15) is 0 Å². The van der Waals surface area contributed by atoms with Crippen molar-refractivity contribution in [2.45, 2.75) is 0 Å². The molecule has 0 unspecified atom stereocenters. The normalized spacial score (nSPS) is 12.0. The minimum atomic E-state index is 0.714. The zero-order valence-electron chi connectivity index (χ0n) is 32.4. The Morgan fingerprint density at radius 2 is 0.750 bits per heavy atom. The molecule has 13 aromatic rings. The van der Waals surface area contributed by atoms with Gasteiger partial charge in [0.15, 0.2) is 5.82 Å². The van der Waals surface area contributed by atoms with Gasteiger partial charge < -0.3 is 9.13 Å². The summed E-state index contributed by atoms with van der Waals surface area (Å²) in [5, 5.41) is 13.7. The summed E-state index contributed by atoms with van der Waals surface area (Å²) in [5.74, 6) is 0.714. The quantitative estimate of drug-likeness (QED) is 0.167. The fourth-order valence-electron chi connectivity index (χ4n) is 9.89. The van der Waals surface area contributed by atoms with Crippen LogP contribution in [0.5, 0.6) is 0 Å². The van der Waals surface area contributed by atoms with Crippen molar-refractivity contribution >= 4 is 86.8 Å². The van der Waals surface area contributed by atoms with Crippen LogP contribution in [-0.2, 0) is 0 Å². The zero-order valence-corrected chi connectivity index (χ0v) is 32.4. The van der Waals surface area contributed by atoms with Crippen LogP contribution in [0.1, 0.15) is 0 Å². The van der Waals surface area contributed by atoms with Gasteiger partial charge in [-0.1, -0.05) is 140 Å². The Kier molecular flexibility index (Phi) is 6.98. The van der Waals surface area contributed by atoms with E-state index in [1.165, 1.54) is 75.9 Å². The summed E-state index contributed by atoms with van der Waals surface area (Å²) in [6, 6.07) is 74.3. The molecule has 0 aliphatic rings. The third kappa shape index (κ3) is 4.73. The number of rotatable bonds is 4. The molecule has 0 aliphatic heterocycles. The standard InChI is InChI=1S/C56H34N4/c1-2-14-35(15-3-1)55-44-20-8-11-23-48(44)57-56(58-55)36-26-28-37(29-27-36)59-49-24-12-9-21-45(49)53-51(59)32-33-52-54(53)46-22-10-13-25-50(46)60(52)38-30-31-43-41-18-5-4-16-39(41)40-17-6-7-19-42(40)47(43)34-38/h1-34H. The first-order valence-corrected chi connectivity index (χ1v) is 20.5. The van der Waals surface area contributed by atoms with Crippen molar-refractivity contribution in [3.8, 4) is 34.0 Å². The van der Waals surface area contributed by atoms with Gasteiger partial charge in [-0.05, 0) is 99.0 Å². The first kappa shape index (κ1) is 32.9. The highest BCUT2D eigenvalue weighted by molar-refractivity contribution is 6.29. The van der Waals surface area contributed by atoms with Crippen LogP contribution < -0.4 is 0 Å². The molecule has 0 saturated heterocycles. The third-order valence-corrected chi connectivity index (χ3v) is 12.5. The monoisotopic (exact) mass is 762 g/mol. The van der Waals surface area contributed by atoms with E-state index in [1.807, 2.05) is 12.1 Å². The van der Waals surface area contributed by atoms with Crippen LogP contribution in [0, 0.1) is 0 Å². The number of aromatic nitrogens is 4. The Bertz CT molecular complexity index is 3840. The smallest absolute Gasteiger partial charge is 0.160 e. The molecule has 3 aromatic heterocycles. The van der Waals surface area contributed by atoms with Gasteiger partial charge in [0.05, 0.1) is 33.3 Å². The Balaban J connectivity index is 1.01. The molecule has 278 valence electrons. The summed E-state index contributed by atoms with van der Waals surface area (Å²) in [7, 11) is 0. The van der Waals surface area contributed by atoms with Crippen LogP contribution in [0.2, 0.25) is 0 Å². The maximum atomic E-state index is 5.15. The van der Waals surface area contributed by atoms with Crippen LogP contribution in [0.4, 0.5) is 0 Å². The molecule has 0 atom stereocenters. The molecule has 0 N–H and O–H groups in total. The van der Waals surface area contributed by atoms with Crippen molar-refractivity contribution in [2.75, 3.05) is 0 Å². The van der Waals surface area contributed by atoms with E-state index in [1.54, 1.807) is 0 Å². The lowest BCUT2D eigenvalue weighted by Crippen LogP contribution is -1.97. The minimum Gasteiger partial charge on any atom is -0.309 e. The van der Waals surface area contributed by atoms with Crippen molar-refractivity contribution in [1.82, 2.24) is 19.1 Å². The molecule has 0 amide bonds. The van der Waals surface area contributed by atoms with Gasteiger partial charge in [-0.15, -0.1) is 0 Å². The molecule has 4 nitrogen and oxygen atoms in total. The van der Waals surface area contributed by atoms with E-state index in [-0.39, 0.29) is 0 Å². The minimum absolute atomic E-state index is 0.714. The van der Waals surface area contributed by atoms with Crippen molar-refractivity contribution in [2.24, 2.45) is 0 Å². The van der Waals surface area contributed by atoms with Gasteiger partial charge in [-0.3, -0.25) is 0 Å². The predicted molar refractivity (Wildman–Crippen MR) is 252 cm³/mol. The number of benzene rings is 10. The molecule has 3 heterocycles. The van der Waals surface area contributed by atoms with E-state index in [0.717, 1.165) is 39.1 Å². The predicted octanol–water partition coefficient (Wildman–Crippen LogP) is 14.6. The highest BCUT2D eigenvalue weighted by atomic mass is 15.0. The lowest BCUT2D eigenvalue weighted by Gasteiger charge is -2.14. The number of para-hydroxylation sites is 3. The summed E-state index contributed by atoms with van der Waals surface area (Å²) in [6.45, 7) is 0. The summed E-state index contributed by atoms with van der Waals surface area (Å²) in [6.07, 6.45) is 0. The van der Waals surface area contributed by atoms with E-state index in [2.05, 4.69) is 203 Å². The van der Waals surface area contributed by atoms with Gasteiger partial charge in [0, 0.05) is 49.4 Å². The number of nitrogens with zero attached hydrogens (tertiary/aromatic N) is 4. The summed E-state index contributed by atoms with van der Waals surface area (Å²) >= 11 is 0. The molecule has 60 heavy (non-hydrogen) atoms. The molecular weight excluding hydrogens is 729 g/mol. The molecule has 13 rings (SSSR count). The lowest BCUT2D eigenvalue weighted by molar-refractivity contribution is 1.17. The van der Waals surface area contributed by atoms with Crippen LogP contribution >= 0.6 is 0 Å². The van der Waals surface area contributed by atoms with Crippen molar-refractivity contribution in [3.63, 3.8) is 0 Å². The molecule has 0 fully saturated rings. The van der Waals surface area contributed by atoms with E-state index < -0.39 is 0 Å². The summed E-state index contributed by atoms with van der Waals surface area (Å²) in [4.78, 5) is 10.2. The largest absolute Gasteiger partial charge is 0.309 e. The molecule has 0 aliphatic carbocycles. The fourth-order valence-corrected chi connectivity index (χ4v) is 9.89. The van der Waals surface area contributed by atoms with Gasteiger partial charge >= 0.3 is 0 Å². The van der Waals surface area contributed by atoms with Crippen LogP contribution in [0.3, 0.4) is 0 Å². The van der Waals surface area contributed by atoms with E-state index in [0.29, 0.717) is 5.82 Å². The maximum absolute atomic E-state index is 5.15. The number of fused-ring (bicyclic) bond motifs is 14. The molecule has 10 aromatic carbocycles. The average molecular weight is 763 g/mol. The van der Waals surface area contributed by atoms with E-state index >= 15 is 0 Å². The second-order valence-corrected chi connectivity index (χ2v) is 15.7. The van der Waals surface area contributed by atoms with Crippen LogP contribution in [-0.4, -0.2) is 19.1 Å². The van der Waals surface area contributed by atoms with Gasteiger partial charge in [-0.2, -0.15) is 0 Å². The van der Waals surface area contributed by atoms with Gasteiger partial charge in [0.25, 0.3) is 0 Å². The zero-order chi connectivity index (χ0) is 39.3. The lowest BCUT2D eigenvalue weighted by atomic mass is 9.94. The second kappa shape index (κ2) is 12.7. The molecular formula is C56H34N4. The SMILES string of the molecule is c1ccc(-c2nc(-c3ccc(-n4c5ccccc5c5c6c7ccccc7n(-c7ccc8c9ccccc9c9ccccc9c8c7)c6ccc54)cc3)nc3ccccc23)cc1. The maximum Gasteiger partial charge on any atom is 0.160 e. The second-order valence-electron chi connectivity index (χ2n) is 15.7. The fraction of sp³-hybridized carbons (Fsp3) is 0. The van der Waals surface area contributed by atoms with Crippen molar-refractivity contribution in [3.05, 3.63) is 206 Å². The molecule has 4 heteroatoms. The summed E-state index contributed by atoms with van der Waals surface area (Å²) in [5.41, 5.74) is 10.9. The first-order valence-electron chi connectivity index (χ1n) is 20.5. The van der Waals surface area contributed by atoms with Crippen LogP contribution in [0.15, 0.2) is 206 Å². The molecule has 0 spiro atoms. The summed E-state index contributed by atoms with van der Waals surface area (Å²) < 4.78 is 4.87. The molecule has 0 saturated carbocycles. The number of hydrogen-bond acceptors (Lipinski definition) is 2. The van der Waals surface area contributed by atoms with Crippen LogP contribution in [0.25, 0.3) is 121 Å². The Labute approximate surface area is 344 Å². The third-order valence-electron chi connectivity index (χ3n) is 12.5. The first-order chi connectivity index (χ1) is 29.8. The Morgan fingerprint density at radius 1 is 0.283 bits per heavy atom. The molecule has 0 bridgehead atoms. The van der Waals surface area contributed by atoms with Crippen molar-refractivity contribution < 1.29 is 0 Å². The Morgan fingerprint density at radius 3 is 1.37 bits per heavy atom. The highest BCUT2D eigenvalue weighted by Crippen LogP contribution is 2.44. The van der Waals surface area contributed by atoms with Crippen molar-refractivity contribution in [1.29, 1.82) is 0 Å².